The van der Waals surface area contributed by atoms with Gasteiger partial charge in [0.25, 0.3) is 0 Å². The first kappa shape index (κ1) is 13.5. The predicted octanol–water partition coefficient (Wildman–Crippen LogP) is 3.52. The molecule has 21 heavy (non-hydrogen) atoms. The molecule has 1 N–H and O–H groups in total. The quantitative estimate of drug-likeness (QED) is 0.746. The third-order valence-corrected chi connectivity index (χ3v) is 3.17. The SMILES string of the molecule is O=S(O)Oc1ccc(-c2cnc(-c3ccccc3)o2)cc1. The van der Waals surface area contributed by atoms with Gasteiger partial charge in [-0.15, -0.1) is 0 Å². The fourth-order valence-corrected chi connectivity index (χ4v) is 2.15. The van der Waals surface area contributed by atoms with Gasteiger partial charge in [-0.05, 0) is 36.4 Å². The van der Waals surface area contributed by atoms with Crippen molar-refractivity contribution < 1.29 is 17.4 Å². The van der Waals surface area contributed by atoms with Gasteiger partial charge in [0.05, 0.1) is 6.20 Å². The van der Waals surface area contributed by atoms with E-state index in [0.29, 0.717) is 17.4 Å². The summed E-state index contributed by atoms with van der Waals surface area (Å²) in [6.45, 7) is 0. The maximum absolute atomic E-state index is 10.5. The van der Waals surface area contributed by atoms with Crippen LogP contribution in [0.1, 0.15) is 0 Å². The van der Waals surface area contributed by atoms with E-state index in [4.69, 9.17) is 8.97 Å². The standard InChI is InChI=1S/C15H11NO4S/c17-21(18)20-13-8-6-11(7-9-13)14-10-16-15(19-14)12-4-2-1-3-5-12/h1-10H,(H,17,18). The van der Waals surface area contributed by atoms with Gasteiger partial charge in [-0.2, -0.15) is 4.21 Å². The van der Waals surface area contributed by atoms with Gasteiger partial charge in [0.2, 0.25) is 5.89 Å². The average molecular weight is 301 g/mol. The van der Waals surface area contributed by atoms with Gasteiger partial charge in [0.1, 0.15) is 5.75 Å². The topological polar surface area (TPSA) is 72.6 Å². The first-order valence-corrected chi connectivity index (χ1v) is 7.16. The molecule has 0 fully saturated rings. The highest BCUT2D eigenvalue weighted by Crippen LogP contribution is 2.27. The summed E-state index contributed by atoms with van der Waals surface area (Å²) in [5, 5.41) is 0. The molecule has 5 nitrogen and oxygen atoms in total. The molecule has 3 aromatic rings. The van der Waals surface area contributed by atoms with Crippen LogP contribution in [-0.2, 0) is 11.4 Å². The van der Waals surface area contributed by atoms with E-state index in [0.717, 1.165) is 11.1 Å². The van der Waals surface area contributed by atoms with Crippen LogP contribution in [0.2, 0.25) is 0 Å². The zero-order valence-corrected chi connectivity index (χ0v) is 11.6. The molecule has 1 aromatic heterocycles. The van der Waals surface area contributed by atoms with Gasteiger partial charge in [-0.3, -0.25) is 4.55 Å². The van der Waals surface area contributed by atoms with Gasteiger partial charge in [-0.25, -0.2) is 4.98 Å². The highest BCUT2D eigenvalue weighted by molar-refractivity contribution is 7.74. The molecule has 1 unspecified atom stereocenters. The van der Waals surface area contributed by atoms with Gasteiger partial charge >= 0.3 is 11.4 Å². The lowest BCUT2D eigenvalue weighted by Crippen LogP contribution is -1.96. The molecule has 0 amide bonds. The molecule has 2 aromatic carbocycles. The summed E-state index contributed by atoms with van der Waals surface area (Å²) in [6, 6.07) is 16.3. The maximum Gasteiger partial charge on any atom is 0.357 e. The van der Waals surface area contributed by atoms with E-state index in [-0.39, 0.29) is 0 Å². The van der Waals surface area contributed by atoms with Crippen LogP contribution in [-0.4, -0.2) is 13.7 Å². The molecule has 6 heteroatoms. The lowest BCUT2D eigenvalue weighted by atomic mass is 10.2. The first-order valence-electron chi connectivity index (χ1n) is 6.13. The van der Waals surface area contributed by atoms with Crippen LogP contribution >= 0.6 is 0 Å². The summed E-state index contributed by atoms with van der Waals surface area (Å²) in [4.78, 5) is 4.25. The Labute approximate surface area is 123 Å². The monoisotopic (exact) mass is 301 g/mol. The third kappa shape index (κ3) is 3.18. The minimum atomic E-state index is -2.32. The van der Waals surface area contributed by atoms with E-state index < -0.39 is 11.4 Å². The number of rotatable bonds is 4. The number of hydrogen-bond donors (Lipinski definition) is 1. The fraction of sp³-hybridized carbons (Fsp3) is 0. The second-order valence-corrected chi connectivity index (χ2v) is 4.82. The maximum atomic E-state index is 10.5. The van der Waals surface area contributed by atoms with Crippen molar-refractivity contribution in [2.24, 2.45) is 0 Å². The van der Waals surface area contributed by atoms with E-state index in [9.17, 15) is 4.21 Å². The van der Waals surface area contributed by atoms with E-state index in [1.165, 1.54) is 0 Å². The minimum absolute atomic E-state index is 0.308. The summed E-state index contributed by atoms with van der Waals surface area (Å²) in [5.41, 5.74) is 1.71. The van der Waals surface area contributed by atoms with Crippen molar-refractivity contribution in [3.8, 4) is 28.5 Å². The zero-order valence-electron chi connectivity index (χ0n) is 10.8. The number of oxazole rings is 1. The fourth-order valence-electron chi connectivity index (χ4n) is 1.88. The van der Waals surface area contributed by atoms with Crippen LogP contribution in [0, 0.1) is 0 Å². The second-order valence-electron chi connectivity index (χ2n) is 4.22. The van der Waals surface area contributed by atoms with Crippen molar-refractivity contribution in [3.63, 3.8) is 0 Å². The number of aromatic nitrogens is 1. The largest absolute Gasteiger partial charge is 0.436 e. The van der Waals surface area contributed by atoms with Crippen molar-refractivity contribution in [3.05, 3.63) is 60.8 Å². The predicted molar refractivity (Wildman–Crippen MR) is 78.8 cm³/mol. The molecule has 0 saturated carbocycles. The molecule has 1 atom stereocenters. The first-order chi connectivity index (χ1) is 10.2. The van der Waals surface area contributed by atoms with Crippen LogP contribution in [0.4, 0.5) is 0 Å². The smallest absolute Gasteiger partial charge is 0.357 e. The van der Waals surface area contributed by atoms with Crippen molar-refractivity contribution in [1.29, 1.82) is 0 Å². The second kappa shape index (κ2) is 5.90. The summed E-state index contributed by atoms with van der Waals surface area (Å²) >= 11 is -2.32. The lowest BCUT2D eigenvalue weighted by molar-refractivity contribution is 0.458. The summed E-state index contributed by atoms with van der Waals surface area (Å²) in [7, 11) is 0. The molecule has 106 valence electrons. The average Bonchev–Trinajstić information content (AvgIpc) is 2.98. The Balaban J connectivity index is 1.85. The molecule has 0 saturated heterocycles. The molecular weight excluding hydrogens is 290 g/mol. The van der Waals surface area contributed by atoms with E-state index in [2.05, 4.69) is 9.17 Å². The van der Waals surface area contributed by atoms with E-state index in [1.54, 1.807) is 30.5 Å². The Kier molecular flexibility index (Phi) is 3.81. The Morgan fingerprint density at radius 2 is 1.71 bits per heavy atom. The van der Waals surface area contributed by atoms with Crippen molar-refractivity contribution >= 4 is 11.4 Å². The molecule has 0 radical (unpaired) electrons. The third-order valence-electron chi connectivity index (χ3n) is 2.83. The summed E-state index contributed by atoms with van der Waals surface area (Å²) < 4.78 is 29.6. The lowest BCUT2D eigenvalue weighted by Gasteiger charge is -2.00. The van der Waals surface area contributed by atoms with Crippen LogP contribution in [0.25, 0.3) is 22.8 Å². The van der Waals surface area contributed by atoms with Crippen LogP contribution < -0.4 is 4.18 Å². The van der Waals surface area contributed by atoms with Crippen molar-refractivity contribution in [2.75, 3.05) is 0 Å². The number of hydrogen-bond acceptors (Lipinski definition) is 4. The Hall–Kier alpha value is -2.44. The Morgan fingerprint density at radius 1 is 1.00 bits per heavy atom. The van der Waals surface area contributed by atoms with E-state index >= 15 is 0 Å². The van der Waals surface area contributed by atoms with Crippen LogP contribution in [0.3, 0.4) is 0 Å². The molecule has 1 heterocycles. The highest BCUT2D eigenvalue weighted by Gasteiger charge is 2.08. The number of benzene rings is 2. The minimum Gasteiger partial charge on any atom is -0.436 e. The molecule has 0 aliphatic rings. The molecule has 0 aliphatic carbocycles. The summed E-state index contributed by atoms with van der Waals surface area (Å²) in [6.07, 6.45) is 1.64. The van der Waals surface area contributed by atoms with Gasteiger partial charge in [0, 0.05) is 11.1 Å². The Bertz CT molecular complexity index is 753. The molecule has 0 bridgehead atoms. The van der Waals surface area contributed by atoms with Gasteiger partial charge < -0.3 is 8.60 Å². The molecule has 0 spiro atoms. The summed E-state index contributed by atoms with van der Waals surface area (Å²) in [5.74, 6) is 1.47. The van der Waals surface area contributed by atoms with Gasteiger partial charge in [-0.1, -0.05) is 18.2 Å². The Morgan fingerprint density at radius 3 is 2.38 bits per heavy atom. The van der Waals surface area contributed by atoms with Crippen molar-refractivity contribution in [2.45, 2.75) is 0 Å². The normalized spacial score (nSPS) is 12.0. The molecule has 3 rings (SSSR count). The van der Waals surface area contributed by atoms with Crippen molar-refractivity contribution in [1.82, 2.24) is 4.98 Å². The van der Waals surface area contributed by atoms with E-state index in [1.807, 2.05) is 30.3 Å². The number of nitrogens with zero attached hydrogens (tertiary/aromatic N) is 1. The van der Waals surface area contributed by atoms with Crippen LogP contribution in [0.5, 0.6) is 5.75 Å². The molecule has 0 aliphatic heterocycles. The zero-order chi connectivity index (χ0) is 14.7. The molecular formula is C15H11NO4S. The highest BCUT2D eigenvalue weighted by atomic mass is 32.2. The van der Waals surface area contributed by atoms with Gasteiger partial charge in [0.15, 0.2) is 5.76 Å². The van der Waals surface area contributed by atoms with Crippen LogP contribution in [0.15, 0.2) is 65.2 Å².